The van der Waals surface area contributed by atoms with Crippen LogP contribution in [0.1, 0.15) is 29.7 Å². The number of hydrogen-bond donors (Lipinski definition) is 2. The molecule has 0 unspecified atom stereocenters. The highest BCUT2D eigenvalue weighted by Crippen LogP contribution is 2.24. The van der Waals surface area contributed by atoms with E-state index >= 15 is 0 Å². The minimum Gasteiger partial charge on any atom is -0.467 e. The van der Waals surface area contributed by atoms with Gasteiger partial charge in [-0.15, -0.1) is 0 Å². The summed E-state index contributed by atoms with van der Waals surface area (Å²) in [5, 5.41) is 7.85. The van der Waals surface area contributed by atoms with E-state index in [1.807, 2.05) is 36.4 Å². The minimum atomic E-state index is 0.587. The molecule has 1 fully saturated rings. The van der Waals surface area contributed by atoms with Gasteiger partial charge in [0.1, 0.15) is 11.6 Å². The summed E-state index contributed by atoms with van der Waals surface area (Å²) in [6, 6.07) is 18.6. The predicted octanol–water partition coefficient (Wildman–Crippen LogP) is 5.47. The van der Waals surface area contributed by atoms with Gasteiger partial charge in [-0.05, 0) is 74.7 Å². The highest BCUT2D eigenvalue weighted by Gasteiger charge is 2.18. The second kappa shape index (κ2) is 11.4. The molecule has 0 bridgehead atoms. The Hall–Kier alpha value is -3.58. The van der Waals surface area contributed by atoms with E-state index in [0.29, 0.717) is 12.5 Å². The van der Waals surface area contributed by atoms with Gasteiger partial charge in [0.15, 0.2) is 0 Å². The molecule has 5 rings (SSSR count). The molecule has 0 radical (unpaired) electrons. The number of anilines is 3. The molecule has 3 heterocycles. The predicted molar refractivity (Wildman–Crippen MR) is 148 cm³/mol. The van der Waals surface area contributed by atoms with Gasteiger partial charge in [0.25, 0.3) is 0 Å². The number of nitrogens with zero attached hydrogens (tertiary/aromatic N) is 4. The molecule has 0 saturated carbocycles. The second-order valence-electron chi connectivity index (χ2n) is 9.53. The maximum atomic E-state index is 5.45. The summed E-state index contributed by atoms with van der Waals surface area (Å²) >= 11 is 0. The van der Waals surface area contributed by atoms with Crippen molar-refractivity contribution in [2.24, 2.45) is 0 Å². The maximum Gasteiger partial charge on any atom is 0.225 e. The highest BCUT2D eigenvalue weighted by atomic mass is 16.3. The van der Waals surface area contributed by atoms with Crippen molar-refractivity contribution in [2.45, 2.75) is 33.2 Å². The molecule has 1 saturated heterocycles. The number of piperazine rings is 1. The Morgan fingerprint density at radius 3 is 2.56 bits per heavy atom. The molecule has 0 atom stereocenters. The van der Waals surface area contributed by atoms with Crippen LogP contribution in [0, 0.1) is 13.8 Å². The summed E-state index contributed by atoms with van der Waals surface area (Å²) in [5.41, 5.74) is 5.11. The minimum absolute atomic E-state index is 0.587. The van der Waals surface area contributed by atoms with Crippen molar-refractivity contribution >= 4 is 28.4 Å². The van der Waals surface area contributed by atoms with Crippen molar-refractivity contribution in [3.8, 4) is 0 Å². The number of para-hydroxylation sites is 1. The Balaban J connectivity index is 1.08. The molecule has 2 N–H and O–H groups in total. The molecule has 188 valence electrons. The van der Waals surface area contributed by atoms with E-state index in [1.54, 1.807) is 6.26 Å². The van der Waals surface area contributed by atoms with Gasteiger partial charge >= 0.3 is 0 Å². The average molecular weight is 485 g/mol. The molecule has 0 spiro atoms. The summed E-state index contributed by atoms with van der Waals surface area (Å²) in [7, 11) is 0. The number of furan rings is 1. The summed E-state index contributed by atoms with van der Waals surface area (Å²) in [6.07, 6.45) is 3.93. The first-order valence-electron chi connectivity index (χ1n) is 13.0. The van der Waals surface area contributed by atoms with Crippen LogP contribution >= 0.6 is 0 Å². The van der Waals surface area contributed by atoms with Crippen LogP contribution in [0.3, 0.4) is 0 Å². The van der Waals surface area contributed by atoms with Crippen LogP contribution in [0.15, 0.2) is 65.3 Å². The van der Waals surface area contributed by atoms with Crippen LogP contribution in [0.25, 0.3) is 10.9 Å². The van der Waals surface area contributed by atoms with Crippen LogP contribution < -0.4 is 15.5 Å². The average Bonchev–Trinajstić information content (AvgIpc) is 3.43. The fourth-order valence-electron chi connectivity index (χ4n) is 4.83. The van der Waals surface area contributed by atoms with Crippen LogP contribution in [0.4, 0.5) is 17.5 Å². The highest BCUT2D eigenvalue weighted by molar-refractivity contribution is 5.90. The third-order valence-corrected chi connectivity index (χ3v) is 7.09. The third-order valence-electron chi connectivity index (χ3n) is 7.09. The molecular formula is C29H36N6O. The van der Waals surface area contributed by atoms with Gasteiger partial charge in [0, 0.05) is 43.8 Å². The van der Waals surface area contributed by atoms with Crippen molar-refractivity contribution in [1.29, 1.82) is 0 Å². The van der Waals surface area contributed by atoms with Gasteiger partial charge in [0.2, 0.25) is 5.95 Å². The Kier molecular flexibility index (Phi) is 7.67. The molecule has 2 aromatic carbocycles. The topological polar surface area (TPSA) is 69.5 Å². The number of rotatable bonds is 10. The first-order valence-corrected chi connectivity index (χ1v) is 13.0. The standard InChI is InChI=1S/C29H36N6O/c1-22-9-7-13-27(23(22)2)35-18-16-34(17-19-35)15-6-5-14-30-29-32-26-12-4-3-11-25(26)28(33-29)31-21-24-10-8-20-36-24/h3-4,7-13,20H,5-6,14-19,21H2,1-2H3,(H2,30,31,32,33). The lowest BCUT2D eigenvalue weighted by atomic mass is 10.1. The summed E-state index contributed by atoms with van der Waals surface area (Å²) in [6.45, 7) is 11.5. The van der Waals surface area contributed by atoms with Gasteiger partial charge in [-0.3, -0.25) is 4.90 Å². The number of unbranched alkanes of at least 4 members (excludes halogenated alkanes) is 1. The molecule has 2 aromatic heterocycles. The Morgan fingerprint density at radius 1 is 0.861 bits per heavy atom. The zero-order chi connectivity index (χ0) is 24.7. The maximum absolute atomic E-state index is 5.45. The van der Waals surface area contributed by atoms with E-state index in [0.717, 1.165) is 74.6 Å². The quantitative estimate of drug-likeness (QED) is 0.289. The van der Waals surface area contributed by atoms with Gasteiger partial charge in [-0.1, -0.05) is 24.3 Å². The van der Waals surface area contributed by atoms with Crippen LogP contribution in [-0.4, -0.2) is 54.1 Å². The Bertz CT molecular complexity index is 1260. The normalized spacial score (nSPS) is 14.3. The molecule has 0 aliphatic carbocycles. The molecule has 7 nitrogen and oxygen atoms in total. The second-order valence-corrected chi connectivity index (χ2v) is 9.53. The number of fused-ring (bicyclic) bond motifs is 1. The fraction of sp³-hybridized carbons (Fsp3) is 0.379. The lowest BCUT2D eigenvalue weighted by Gasteiger charge is -2.37. The fourth-order valence-corrected chi connectivity index (χ4v) is 4.83. The first kappa shape index (κ1) is 24.1. The monoisotopic (exact) mass is 484 g/mol. The molecule has 0 amide bonds. The lowest BCUT2D eigenvalue weighted by molar-refractivity contribution is 0.253. The number of aryl methyl sites for hydroxylation is 1. The van der Waals surface area contributed by atoms with E-state index in [9.17, 15) is 0 Å². The van der Waals surface area contributed by atoms with E-state index in [1.165, 1.54) is 16.8 Å². The van der Waals surface area contributed by atoms with Gasteiger partial charge < -0.3 is 20.0 Å². The molecule has 1 aliphatic heterocycles. The third kappa shape index (κ3) is 5.79. The van der Waals surface area contributed by atoms with E-state index in [-0.39, 0.29) is 0 Å². The number of aromatic nitrogens is 2. The van der Waals surface area contributed by atoms with E-state index < -0.39 is 0 Å². The molecular weight excluding hydrogens is 448 g/mol. The summed E-state index contributed by atoms with van der Waals surface area (Å²) in [5.74, 6) is 2.36. The van der Waals surface area contributed by atoms with Crippen LogP contribution in [-0.2, 0) is 6.54 Å². The summed E-state index contributed by atoms with van der Waals surface area (Å²) in [4.78, 5) is 14.6. The zero-order valence-electron chi connectivity index (χ0n) is 21.3. The van der Waals surface area contributed by atoms with E-state index in [2.05, 4.69) is 52.5 Å². The molecule has 36 heavy (non-hydrogen) atoms. The number of benzene rings is 2. The van der Waals surface area contributed by atoms with Crippen molar-refractivity contribution < 1.29 is 4.42 Å². The largest absolute Gasteiger partial charge is 0.467 e. The van der Waals surface area contributed by atoms with Crippen LogP contribution in [0.2, 0.25) is 0 Å². The van der Waals surface area contributed by atoms with Crippen LogP contribution in [0.5, 0.6) is 0 Å². The van der Waals surface area contributed by atoms with E-state index in [4.69, 9.17) is 14.4 Å². The molecule has 4 aromatic rings. The molecule has 1 aliphatic rings. The first-order chi connectivity index (χ1) is 17.7. The van der Waals surface area contributed by atoms with Crippen molar-refractivity contribution in [3.63, 3.8) is 0 Å². The van der Waals surface area contributed by atoms with Gasteiger partial charge in [-0.2, -0.15) is 4.98 Å². The Labute approximate surface area is 213 Å². The zero-order valence-corrected chi connectivity index (χ0v) is 21.3. The summed E-state index contributed by atoms with van der Waals surface area (Å²) < 4.78 is 5.45. The lowest BCUT2D eigenvalue weighted by Crippen LogP contribution is -2.46. The van der Waals surface area contributed by atoms with Gasteiger partial charge in [-0.25, -0.2) is 4.98 Å². The SMILES string of the molecule is Cc1cccc(N2CCN(CCCCNc3nc(NCc4ccco4)c4ccccc4n3)CC2)c1C. The van der Waals surface area contributed by atoms with Crippen molar-refractivity contribution in [2.75, 3.05) is 54.8 Å². The van der Waals surface area contributed by atoms with Crippen molar-refractivity contribution in [1.82, 2.24) is 14.9 Å². The van der Waals surface area contributed by atoms with Gasteiger partial charge in [0.05, 0.1) is 18.3 Å². The number of nitrogens with one attached hydrogen (secondary N) is 2. The van der Waals surface area contributed by atoms with Crippen molar-refractivity contribution in [3.05, 3.63) is 77.7 Å². The molecule has 7 heteroatoms. The number of hydrogen-bond acceptors (Lipinski definition) is 7. The smallest absolute Gasteiger partial charge is 0.225 e. The Morgan fingerprint density at radius 2 is 1.72 bits per heavy atom.